The number of nitrogens with zero attached hydrogens (tertiary/aromatic N) is 2. The van der Waals surface area contributed by atoms with Crippen LogP contribution in [0.2, 0.25) is 0 Å². The third kappa shape index (κ3) is 3.92. The van der Waals surface area contributed by atoms with Gasteiger partial charge in [0.05, 0.1) is 12.2 Å². The number of aromatic nitrogens is 1. The van der Waals surface area contributed by atoms with Gasteiger partial charge >= 0.3 is 12.1 Å². The number of benzene rings is 1. The first-order chi connectivity index (χ1) is 11.4. The number of nitrogens with two attached hydrogens (primary N) is 1. The number of carbonyl (C=O) groups excluding carboxylic acids is 1. The van der Waals surface area contributed by atoms with Crippen molar-refractivity contribution in [1.82, 2.24) is 5.16 Å². The molecule has 2 rings (SSSR count). The molecule has 2 aromatic rings. The molecule has 128 valence electrons. The van der Waals surface area contributed by atoms with Crippen LogP contribution in [0.25, 0.3) is 0 Å². The standard InChI is InChI=1S/C15H14F3N3O3/c1-2-23-14(22)12-8-13(24-21-12)11(20-19)7-9-5-3-4-6-10(9)15(16,17)18/h3-6,8H,2,7,19H2,1H3/b20-11-. The summed E-state index contributed by atoms with van der Waals surface area (Å²) >= 11 is 0. The number of hydrogen-bond donors (Lipinski definition) is 1. The van der Waals surface area contributed by atoms with E-state index in [1.54, 1.807) is 6.92 Å². The van der Waals surface area contributed by atoms with Crippen molar-refractivity contribution in [3.05, 3.63) is 52.9 Å². The lowest BCUT2D eigenvalue weighted by molar-refractivity contribution is -0.138. The van der Waals surface area contributed by atoms with Gasteiger partial charge in [-0.3, -0.25) is 0 Å². The topological polar surface area (TPSA) is 90.7 Å². The molecular formula is C15H14F3N3O3. The normalized spacial score (nSPS) is 12.2. The van der Waals surface area contributed by atoms with Gasteiger partial charge in [-0.1, -0.05) is 23.4 Å². The molecule has 9 heteroatoms. The molecule has 0 saturated heterocycles. The summed E-state index contributed by atoms with van der Waals surface area (Å²) in [6, 6.07) is 6.27. The average molecular weight is 341 g/mol. The Labute approximate surface area is 135 Å². The minimum atomic E-state index is -4.51. The van der Waals surface area contributed by atoms with Gasteiger partial charge in [0.2, 0.25) is 0 Å². The van der Waals surface area contributed by atoms with Gasteiger partial charge in [0, 0.05) is 12.5 Å². The smallest absolute Gasteiger partial charge is 0.416 e. The van der Waals surface area contributed by atoms with Crippen LogP contribution in [-0.2, 0) is 17.3 Å². The van der Waals surface area contributed by atoms with Gasteiger partial charge in [0.25, 0.3) is 0 Å². The third-order valence-electron chi connectivity index (χ3n) is 3.12. The number of alkyl halides is 3. The minimum absolute atomic E-state index is 0.00229. The molecule has 2 N–H and O–H groups in total. The van der Waals surface area contributed by atoms with Gasteiger partial charge in [-0.25, -0.2) is 4.79 Å². The first kappa shape index (κ1) is 17.5. The molecule has 0 amide bonds. The maximum absolute atomic E-state index is 13.0. The molecule has 0 bridgehead atoms. The van der Waals surface area contributed by atoms with Crippen LogP contribution in [0.4, 0.5) is 13.2 Å². The van der Waals surface area contributed by atoms with Crippen molar-refractivity contribution in [1.29, 1.82) is 0 Å². The summed E-state index contributed by atoms with van der Waals surface area (Å²) in [5.74, 6) is 4.55. The van der Waals surface area contributed by atoms with Gasteiger partial charge in [-0.15, -0.1) is 0 Å². The highest BCUT2D eigenvalue weighted by Gasteiger charge is 2.33. The van der Waals surface area contributed by atoms with E-state index in [4.69, 9.17) is 15.1 Å². The van der Waals surface area contributed by atoms with Crippen molar-refractivity contribution in [3.8, 4) is 0 Å². The van der Waals surface area contributed by atoms with E-state index in [1.807, 2.05) is 0 Å². The van der Waals surface area contributed by atoms with E-state index >= 15 is 0 Å². The van der Waals surface area contributed by atoms with E-state index in [0.29, 0.717) is 0 Å². The molecule has 6 nitrogen and oxygen atoms in total. The number of hydrazone groups is 1. The van der Waals surface area contributed by atoms with Crippen molar-refractivity contribution < 1.29 is 27.2 Å². The quantitative estimate of drug-likeness (QED) is 0.391. The molecule has 0 spiro atoms. The second-order valence-electron chi connectivity index (χ2n) is 4.70. The van der Waals surface area contributed by atoms with E-state index in [9.17, 15) is 18.0 Å². The SMILES string of the molecule is CCOC(=O)c1cc(/C(Cc2ccccc2C(F)(F)F)=N\N)on1. The summed E-state index contributed by atoms with van der Waals surface area (Å²) in [6.45, 7) is 1.78. The van der Waals surface area contributed by atoms with E-state index < -0.39 is 17.7 Å². The van der Waals surface area contributed by atoms with Crippen LogP contribution in [-0.4, -0.2) is 23.4 Å². The minimum Gasteiger partial charge on any atom is -0.461 e. The molecular weight excluding hydrogens is 327 g/mol. The molecule has 1 heterocycles. The molecule has 0 unspecified atom stereocenters. The van der Waals surface area contributed by atoms with Crippen LogP contribution in [0.15, 0.2) is 40.0 Å². The molecule has 0 saturated carbocycles. The lowest BCUT2D eigenvalue weighted by Crippen LogP contribution is -2.14. The molecule has 0 aliphatic heterocycles. The predicted octanol–water partition coefficient (Wildman–Crippen LogP) is 2.78. The highest BCUT2D eigenvalue weighted by molar-refractivity contribution is 6.01. The van der Waals surface area contributed by atoms with E-state index in [0.717, 1.165) is 6.07 Å². The first-order valence-electron chi connectivity index (χ1n) is 6.92. The third-order valence-corrected chi connectivity index (χ3v) is 3.12. The zero-order valence-electron chi connectivity index (χ0n) is 12.6. The molecule has 0 aliphatic carbocycles. The highest BCUT2D eigenvalue weighted by Crippen LogP contribution is 2.32. The van der Waals surface area contributed by atoms with Gasteiger partial charge in [-0.05, 0) is 18.6 Å². The summed E-state index contributed by atoms with van der Waals surface area (Å²) in [5, 5.41) is 6.97. The number of ether oxygens (including phenoxy) is 1. The highest BCUT2D eigenvalue weighted by atomic mass is 19.4. The fourth-order valence-corrected chi connectivity index (χ4v) is 2.04. The summed E-state index contributed by atoms with van der Waals surface area (Å²) in [6.07, 6.45) is -4.74. The molecule has 1 aromatic carbocycles. The molecule has 0 fully saturated rings. The van der Waals surface area contributed by atoms with Crippen LogP contribution in [0.1, 0.15) is 34.3 Å². The maximum atomic E-state index is 13.0. The molecule has 0 aliphatic rings. The van der Waals surface area contributed by atoms with Crippen LogP contribution < -0.4 is 5.84 Å². The fourth-order valence-electron chi connectivity index (χ4n) is 2.04. The van der Waals surface area contributed by atoms with E-state index in [1.165, 1.54) is 24.3 Å². The number of esters is 1. The number of halogens is 3. The predicted molar refractivity (Wildman–Crippen MR) is 78.3 cm³/mol. The summed E-state index contributed by atoms with van der Waals surface area (Å²) in [5.41, 5.74) is -0.911. The van der Waals surface area contributed by atoms with Crippen LogP contribution in [0.3, 0.4) is 0 Å². The first-order valence-corrected chi connectivity index (χ1v) is 6.92. The Kier molecular flexibility index (Phi) is 5.22. The molecule has 1 aromatic heterocycles. The van der Waals surface area contributed by atoms with Gasteiger partial charge < -0.3 is 15.1 Å². The summed E-state index contributed by atoms with van der Waals surface area (Å²) in [4.78, 5) is 11.5. The average Bonchev–Trinajstić information content (AvgIpc) is 3.02. The lowest BCUT2D eigenvalue weighted by atomic mass is 10.0. The Morgan fingerprint density at radius 3 is 2.71 bits per heavy atom. The molecule has 0 radical (unpaired) electrons. The maximum Gasteiger partial charge on any atom is 0.416 e. The Balaban J connectivity index is 2.28. The Bertz CT molecular complexity index is 754. The van der Waals surface area contributed by atoms with Gasteiger partial charge in [0.1, 0.15) is 5.71 Å². The van der Waals surface area contributed by atoms with Crippen LogP contribution in [0, 0.1) is 0 Å². The lowest BCUT2D eigenvalue weighted by Gasteiger charge is -2.12. The monoisotopic (exact) mass is 341 g/mol. The number of carbonyl (C=O) groups is 1. The van der Waals surface area contributed by atoms with E-state index in [-0.39, 0.29) is 35.8 Å². The second-order valence-corrected chi connectivity index (χ2v) is 4.70. The Morgan fingerprint density at radius 2 is 2.08 bits per heavy atom. The van der Waals surface area contributed by atoms with Crippen LogP contribution in [0.5, 0.6) is 0 Å². The van der Waals surface area contributed by atoms with Crippen molar-refractivity contribution in [2.45, 2.75) is 19.5 Å². The van der Waals surface area contributed by atoms with Crippen molar-refractivity contribution in [2.75, 3.05) is 6.61 Å². The van der Waals surface area contributed by atoms with E-state index in [2.05, 4.69) is 10.3 Å². The van der Waals surface area contributed by atoms with Crippen molar-refractivity contribution >= 4 is 11.7 Å². The fraction of sp³-hybridized carbons (Fsp3) is 0.267. The Hall–Kier alpha value is -2.84. The Morgan fingerprint density at radius 1 is 1.38 bits per heavy atom. The number of rotatable bonds is 5. The van der Waals surface area contributed by atoms with Crippen LogP contribution >= 0.6 is 0 Å². The zero-order chi connectivity index (χ0) is 17.7. The van der Waals surface area contributed by atoms with Gasteiger partial charge in [-0.2, -0.15) is 18.3 Å². The molecule has 0 atom stereocenters. The van der Waals surface area contributed by atoms with Crippen molar-refractivity contribution in [2.24, 2.45) is 10.9 Å². The van der Waals surface area contributed by atoms with Gasteiger partial charge in [0.15, 0.2) is 11.5 Å². The summed E-state index contributed by atoms with van der Waals surface area (Å²) < 4.78 is 48.8. The van der Waals surface area contributed by atoms with Crippen molar-refractivity contribution in [3.63, 3.8) is 0 Å². The largest absolute Gasteiger partial charge is 0.461 e. The second kappa shape index (κ2) is 7.16. The zero-order valence-corrected chi connectivity index (χ0v) is 12.6. The summed E-state index contributed by atoms with van der Waals surface area (Å²) in [7, 11) is 0. The number of hydrogen-bond acceptors (Lipinski definition) is 6. The molecule has 24 heavy (non-hydrogen) atoms.